The van der Waals surface area contributed by atoms with Crippen LogP contribution in [0.2, 0.25) is 0 Å². The van der Waals surface area contributed by atoms with Gasteiger partial charge in [-0.15, -0.1) is 0 Å². The molecule has 0 saturated carbocycles. The van der Waals surface area contributed by atoms with Gasteiger partial charge in [-0.2, -0.15) is 18.3 Å². The molecule has 29 heavy (non-hydrogen) atoms. The van der Waals surface area contributed by atoms with Gasteiger partial charge in [0.15, 0.2) is 5.82 Å². The zero-order valence-corrected chi connectivity index (χ0v) is 15.5. The van der Waals surface area contributed by atoms with Crippen molar-refractivity contribution in [2.75, 3.05) is 6.61 Å². The van der Waals surface area contributed by atoms with Crippen molar-refractivity contribution >= 4 is 16.8 Å². The molecule has 11 heteroatoms. The van der Waals surface area contributed by atoms with Crippen LogP contribution in [-0.2, 0) is 12.7 Å². The number of hydrogen-bond donors (Lipinski definition) is 1. The van der Waals surface area contributed by atoms with E-state index >= 15 is 0 Å². The molecule has 0 aliphatic rings. The number of halogens is 4. The standard InChI is InChI=1S/C18H17F4N5O2/c1-10(2)25-16(28)15-12-9-27(26-14(12)3-4-23-15)5-6-29-17-13(19)7-11(8-24-17)18(20,21)22/h3-4,7-10H,5-6H2,1-2H3,(H,25,28). The van der Waals surface area contributed by atoms with Crippen LogP contribution in [-0.4, -0.2) is 38.3 Å². The average Bonchev–Trinajstić information content (AvgIpc) is 3.04. The Labute approximate surface area is 162 Å². The summed E-state index contributed by atoms with van der Waals surface area (Å²) in [6.45, 7) is 3.71. The molecule has 154 valence electrons. The zero-order valence-electron chi connectivity index (χ0n) is 15.5. The van der Waals surface area contributed by atoms with Crippen molar-refractivity contribution in [3.8, 4) is 5.88 Å². The summed E-state index contributed by atoms with van der Waals surface area (Å²) < 4.78 is 58.0. The van der Waals surface area contributed by atoms with Crippen LogP contribution < -0.4 is 10.1 Å². The van der Waals surface area contributed by atoms with Crippen molar-refractivity contribution in [3.05, 3.63) is 47.8 Å². The molecule has 0 bridgehead atoms. The number of nitrogens with one attached hydrogen (secondary N) is 1. The van der Waals surface area contributed by atoms with Gasteiger partial charge in [-0.25, -0.2) is 9.37 Å². The largest absolute Gasteiger partial charge is 0.474 e. The Hall–Kier alpha value is -3.24. The molecule has 0 radical (unpaired) electrons. The van der Waals surface area contributed by atoms with Gasteiger partial charge in [0.05, 0.1) is 23.0 Å². The van der Waals surface area contributed by atoms with Crippen LogP contribution >= 0.6 is 0 Å². The number of rotatable bonds is 6. The highest BCUT2D eigenvalue weighted by Gasteiger charge is 2.32. The van der Waals surface area contributed by atoms with E-state index in [2.05, 4.69) is 20.4 Å². The number of fused-ring (bicyclic) bond motifs is 1. The number of amides is 1. The minimum atomic E-state index is -4.69. The van der Waals surface area contributed by atoms with Gasteiger partial charge in [0, 0.05) is 24.6 Å². The number of pyridine rings is 2. The molecule has 0 atom stereocenters. The monoisotopic (exact) mass is 411 g/mol. The first-order chi connectivity index (χ1) is 13.6. The van der Waals surface area contributed by atoms with E-state index < -0.39 is 23.4 Å². The summed E-state index contributed by atoms with van der Waals surface area (Å²) in [7, 11) is 0. The lowest BCUT2D eigenvalue weighted by Gasteiger charge is -2.09. The summed E-state index contributed by atoms with van der Waals surface area (Å²) in [5.41, 5.74) is -0.438. The van der Waals surface area contributed by atoms with Gasteiger partial charge in [0.1, 0.15) is 12.3 Å². The van der Waals surface area contributed by atoms with Crippen molar-refractivity contribution in [2.24, 2.45) is 0 Å². The Bertz CT molecular complexity index is 1030. The number of alkyl halides is 3. The molecule has 0 aromatic carbocycles. The average molecular weight is 411 g/mol. The van der Waals surface area contributed by atoms with Crippen molar-refractivity contribution in [3.63, 3.8) is 0 Å². The molecule has 3 aromatic rings. The van der Waals surface area contributed by atoms with Gasteiger partial charge in [-0.3, -0.25) is 14.5 Å². The second-order valence-electron chi connectivity index (χ2n) is 6.47. The molecule has 1 amide bonds. The predicted molar refractivity (Wildman–Crippen MR) is 94.8 cm³/mol. The Balaban J connectivity index is 1.69. The number of carbonyl (C=O) groups excluding carboxylic acids is 1. The van der Waals surface area contributed by atoms with Crippen LogP contribution in [0.5, 0.6) is 5.88 Å². The molecule has 3 rings (SSSR count). The van der Waals surface area contributed by atoms with E-state index in [1.807, 2.05) is 13.8 Å². The molecule has 0 unspecified atom stereocenters. The minimum Gasteiger partial charge on any atom is -0.474 e. The summed E-state index contributed by atoms with van der Waals surface area (Å²) in [5, 5.41) is 7.57. The van der Waals surface area contributed by atoms with Gasteiger partial charge in [-0.1, -0.05) is 0 Å². The third-order valence-electron chi connectivity index (χ3n) is 3.81. The second-order valence-corrected chi connectivity index (χ2v) is 6.47. The van der Waals surface area contributed by atoms with E-state index in [4.69, 9.17) is 4.74 Å². The normalized spacial score (nSPS) is 11.8. The third kappa shape index (κ3) is 4.79. The molecule has 0 saturated heterocycles. The summed E-state index contributed by atoms with van der Waals surface area (Å²) in [5.74, 6) is -2.08. The lowest BCUT2D eigenvalue weighted by atomic mass is 10.2. The van der Waals surface area contributed by atoms with E-state index in [9.17, 15) is 22.4 Å². The van der Waals surface area contributed by atoms with Gasteiger partial charge in [-0.05, 0) is 26.0 Å². The maximum Gasteiger partial charge on any atom is 0.417 e. The summed E-state index contributed by atoms with van der Waals surface area (Å²) in [6, 6.07) is 1.90. The molecule has 0 fully saturated rings. The Morgan fingerprint density at radius 2 is 2.07 bits per heavy atom. The number of nitrogens with zero attached hydrogens (tertiary/aromatic N) is 4. The fourth-order valence-electron chi connectivity index (χ4n) is 2.54. The molecule has 0 spiro atoms. The SMILES string of the molecule is CC(C)NC(=O)c1nccc2nn(CCOc3ncc(C(F)(F)F)cc3F)cc12. The Morgan fingerprint density at radius 1 is 1.31 bits per heavy atom. The maximum absolute atomic E-state index is 13.8. The smallest absolute Gasteiger partial charge is 0.417 e. The first kappa shape index (κ1) is 20.5. The number of ether oxygens (including phenoxy) is 1. The van der Waals surface area contributed by atoms with Gasteiger partial charge in [0.25, 0.3) is 5.91 Å². The summed E-state index contributed by atoms with van der Waals surface area (Å²) in [6.07, 6.45) is -1.12. The molecule has 0 aliphatic carbocycles. The fourth-order valence-corrected chi connectivity index (χ4v) is 2.54. The minimum absolute atomic E-state index is 0.0610. The van der Waals surface area contributed by atoms with Crippen molar-refractivity contribution < 1.29 is 27.1 Å². The lowest BCUT2D eigenvalue weighted by molar-refractivity contribution is -0.138. The van der Waals surface area contributed by atoms with Crippen LogP contribution in [0, 0.1) is 5.82 Å². The summed E-state index contributed by atoms with van der Waals surface area (Å²) >= 11 is 0. The van der Waals surface area contributed by atoms with Crippen molar-refractivity contribution in [1.29, 1.82) is 0 Å². The number of carbonyl (C=O) groups is 1. The van der Waals surface area contributed by atoms with Crippen molar-refractivity contribution in [1.82, 2.24) is 25.1 Å². The highest BCUT2D eigenvalue weighted by atomic mass is 19.4. The Kier molecular flexibility index (Phi) is 5.66. The predicted octanol–water partition coefficient (Wildman–Crippen LogP) is 3.20. The van der Waals surface area contributed by atoms with Crippen LogP contribution in [0.4, 0.5) is 17.6 Å². The lowest BCUT2D eigenvalue weighted by Crippen LogP contribution is -2.30. The van der Waals surface area contributed by atoms with Crippen molar-refractivity contribution in [2.45, 2.75) is 32.6 Å². The molecule has 1 N–H and O–H groups in total. The van der Waals surface area contributed by atoms with Crippen LogP contribution in [0.15, 0.2) is 30.7 Å². The maximum atomic E-state index is 13.8. The van der Waals surface area contributed by atoms with Crippen LogP contribution in [0.3, 0.4) is 0 Å². The molecular formula is C18H17F4N5O2. The van der Waals surface area contributed by atoms with Crippen LogP contribution in [0.1, 0.15) is 29.9 Å². The number of hydrogen-bond acceptors (Lipinski definition) is 5. The Morgan fingerprint density at radius 3 is 2.72 bits per heavy atom. The molecular weight excluding hydrogens is 394 g/mol. The van der Waals surface area contributed by atoms with E-state index in [0.29, 0.717) is 23.2 Å². The van der Waals surface area contributed by atoms with Gasteiger partial charge >= 0.3 is 6.18 Å². The third-order valence-corrected chi connectivity index (χ3v) is 3.81. The molecule has 0 aliphatic heterocycles. The highest BCUT2D eigenvalue weighted by Crippen LogP contribution is 2.30. The number of aromatic nitrogens is 4. The topological polar surface area (TPSA) is 81.9 Å². The van der Waals surface area contributed by atoms with E-state index in [-0.39, 0.29) is 30.8 Å². The molecule has 3 heterocycles. The zero-order chi connectivity index (χ0) is 21.2. The van der Waals surface area contributed by atoms with Crippen LogP contribution in [0.25, 0.3) is 10.9 Å². The first-order valence-corrected chi connectivity index (χ1v) is 8.63. The second kappa shape index (κ2) is 8.02. The summed E-state index contributed by atoms with van der Waals surface area (Å²) in [4.78, 5) is 19.7. The highest BCUT2D eigenvalue weighted by molar-refractivity contribution is 6.04. The van der Waals surface area contributed by atoms with Gasteiger partial charge < -0.3 is 10.1 Å². The van der Waals surface area contributed by atoms with Gasteiger partial charge in [0.2, 0.25) is 5.88 Å². The molecule has 3 aromatic heterocycles. The van der Waals surface area contributed by atoms with E-state index in [1.54, 1.807) is 12.3 Å². The van der Waals surface area contributed by atoms with E-state index in [1.165, 1.54) is 10.9 Å². The quantitative estimate of drug-likeness (QED) is 0.630. The molecule has 7 nitrogen and oxygen atoms in total. The fraction of sp³-hybridized carbons (Fsp3) is 0.333. The first-order valence-electron chi connectivity index (χ1n) is 8.63. The van der Waals surface area contributed by atoms with E-state index in [0.717, 1.165) is 0 Å².